The summed E-state index contributed by atoms with van der Waals surface area (Å²) >= 11 is 1.64. The van der Waals surface area contributed by atoms with Gasteiger partial charge >= 0.3 is 0 Å². The minimum absolute atomic E-state index is 0.892. The number of hydrogen-bond donors (Lipinski definition) is 0. The van der Waals surface area contributed by atoms with Gasteiger partial charge in [-0.25, -0.2) is 0 Å². The Labute approximate surface area is 321 Å². The summed E-state index contributed by atoms with van der Waals surface area (Å²) in [6.07, 6.45) is 0. The lowest BCUT2D eigenvalue weighted by Gasteiger charge is -2.11. The molecule has 11 rings (SSSR count). The van der Waals surface area contributed by atoms with Gasteiger partial charge in [-0.15, -0.1) is 10.2 Å². The molecule has 0 fully saturated rings. The Kier molecular flexibility index (Phi) is 7.32. The quantitative estimate of drug-likeness (QED) is 0.171. The molecule has 4 nitrogen and oxygen atoms in total. The third-order valence-electron chi connectivity index (χ3n) is 10.7. The Morgan fingerprint density at radius 3 is 1.53 bits per heavy atom. The van der Waals surface area contributed by atoms with Crippen molar-refractivity contribution in [1.29, 1.82) is 0 Å². The van der Waals surface area contributed by atoms with E-state index >= 15 is 0 Å². The van der Waals surface area contributed by atoms with Gasteiger partial charge in [0.05, 0.1) is 22.1 Å². The molecule has 0 saturated heterocycles. The summed E-state index contributed by atoms with van der Waals surface area (Å²) < 4.78 is 4.76. The number of fused-ring (bicyclic) bond motifs is 6. The van der Waals surface area contributed by atoms with Crippen molar-refractivity contribution in [2.75, 3.05) is 0 Å². The smallest absolute Gasteiger partial charge is 0.148 e. The molecule has 3 heterocycles. The van der Waals surface area contributed by atoms with Crippen molar-refractivity contribution >= 4 is 54.9 Å². The lowest BCUT2D eigenvalue weighted by atomic mass is 10.1. The van der Waals surface area contributed by atoms with E-state index in [-0.39, 0.29) is 0 Å². The molecule has 5 heteroatoms. The molecule has 0 amide bonds. The first-order chi connectivity index (χ1) is 27.3. The van der Waals surface area contributed by atoms with Crippen LogP contribution in [-0.4, -0.2) is 19.3 Å². The van der Waals surface area contributed by atoms with Gasteiger partial charge in [-0.05, 0) is 70.8 Å². The second-order valence-corrected chi connectivity index (χ2v) is 14.9. The average Bonchev–Trinajstić information content (AvgIpc) is 3.97. The fourth-order valence-electron chi connectivity index (χ4n) is 8.22. The summed E-state index contributed by atoms with van der Waals surface area (Å²) in [5.41, 5.74) is 13.8. The predicted octanol–water partition coefficient (Wildman–Crippen LogP) is 13.4. The van der Waals surface area contributed by atoms with E-state index in [0.717, 1.165) is 49.1 Å². The highest BCUT2D eigenvalue weighted by molar-refractivity contribution is 7.18. The number of benzene rings is 8. The van der Waals surface area contributed by atoms with Crippen LogP contribution in [-0.2, 0) is 0 Å². The first-order valence-electron chi connectivity index (χ1n) is 18.5. The van der Waals surface area contributed by atoms with Crippen LogP contribution in [0.1, 0.15) is 0 Å². The molecule has 11 aromatic rings. The molecule has 0 atom stereocenters. The van der Waals surface area contributed by atoms with Crippen LogP contribution < -0.4 is 0 Å². The van der Waals surface area contributed by atoms with Crippen molar-refractivity contribution in [3.8, 4) is 54.8 Å². The fourth-order valence-corrected chi connectivity index (χ4v) is 9.09. The van der Waals surface area contributed by atoms with Crippen LogP contribution in [0, 0.1) is 0 Å². The van der Waals surface area contributed by atoms with Gasteiger partial charge in [-0.2, -0.15) is 0 Å². The zero-order chi connectivity index (χ0) is 36.3. The Morgan fingerprint density at radius 1 is 0.327 bits per heavy atom. The second-order valence-electron chi connectivity index (χ2n) is 13.9. The fraction of sp³-hybridized carbons (Fsp3) is 0. The van der Waals surface area contributed by atoms with E-state index in [0.29, 0.717) is 0 Å². The van der Waals surface area contributed by atoms with E-state index in [4.69, 9.17) is 10.2 Å². The summed E-state index contributed by atoms with van der Waals surface area (Å²) in [4.78, 5) is 0. The minimum atomic E-state index is 0.892. The van der Waals surface area contributed by atoms with Gasteiger partial charge in [0.15, 0.2) is 0 Å². The molecule has 0 aliphatic heterocycles. The SMILES string of the molecule is c1ccc(-c2cccc(-n3c4ccccc4c4ccc(-c5nnc(-c6cccc7c6c6ccccc6n7-c6cccc(-c7ccccc7)c6)s5)cc43)c2)cc1. The topological polar surface area (TPSA) is 35.6 Å². The van der Waals surface area contributed by atoms with Crippen LogP contribution in [0.5, 0.6) is 0 Å². The Morgan fingerprint density at radius 2 is 0.836 bits per heavy atom. The molecule has 0 radical (unpaired) electrons. The zero-order valence-electron chi connectivity index (χ0n) is 29.7. The van der Waals surface area contributed by atoms with E-state index in [1.54, 1.807) is 11.3 Å². The van der Waals surface area contributed by atoms with Gasteiger partial charge in [0, 0.05) is 44.0 Å². The van der Waals surface area contributed by atoms with Crippen LogP contribution in [0.2, 0.25) is 0 Å². The van der Waals surface area contributed by atoms with Gasteiger partial charge in [-0.1, -0.05) is 157 Å². The van der Waals surface area contributed by atoms with Gasteiger partial charge in [0.25, 0.3) is 0 Å². The predicted molar refractivity (Wildman–Crippen MR) is 230 cm³/mol. The number of para-hydroxylation sites is 2. The van der Waals surface area contributed by atoms with Crippen molar-refractivity contribution in [1.82, 2.24) is 19.3 Å². The first-order valence-corrected chi connectivity index (χ1v) is 19.3. The summed E-state index contributed by atoms with van der Waals surface area (Å²) in [7, 11) is 0. The normalized spacial score (nSPS) is 11.6. The highest BCUT2D eigenvalue weighted by Gasteiger charge is 2.20. The highest BCUT2D eigenvalue weighted by Crippen LogP contribution is 2.42. The molecule has 258 valence electrons. The molecular formula is C50H32N4S. The molecule has 0 aliphatic rings. The molecule has 0 aliphatic carbocycles. The van der Waals surface area contributed by atoms with Crippen LogP contribution in [0.25, 0.3) is 98.4 Å². The molecule has 0 saturated carbocycles. The molecule has 3 aromatic heterocycles. The zero-order valence-corrected chi connectivity index (χ0v) is 30.5. The third-order valence-corrected chi connectivity index (χ3v) is 11.7. The third kappa shape index (κ3) is 5.20. The maximum absolute atomic E-state index is 4.86. The summed E-state index contributed by atoms with van der Waals surface area (Å²) in [6.45, 7) is 0. The second kappa shape index (κ2) is 12.8. The summed E-state index contributed by atoms with van der Waals surface area (Å²) in [6, 6.07) is 69.4. The summed E-state index contributed by atoms with van der Waals surface area (Å²) in [5, 5.41) is 16.3. The molecule has 0 N–H and O–H groups in total. The van der Waals surface area contributed by atoms with Crippen molar-refractivity contribution in [3.05, 3.63) is 194 Å². The monoisotopic (exact) mass is 720 g/mol. The molecule has 0 bridgehead atoms. The summed E-state index contributed by atoms with van der Waals surface area (Å²) in [5.74, 6) is 0. The van der Waals surface area contributed by atoms with Crippen LogP contribution >= 0.6 is 11.3 Å². The van der Waals surface area contributed by atoms with Crippen molar-refractivity contribution in [2.45, 2.75) is 0 Å². The Bertz CT molecular complexity index is 3210. The van der Waals surface area contributed by atoms with E-state index in [1.807, 2.05) is 0 Å². The highest BCUT2D eigenvalue weighted by atomic mass is 32.1. The average molecular weight is 721 g/mol. The van der Waals surface area contributed by atoms with Crippen LogP contribution in [0.4, 0.5) is 0 Å². The standard InChI is InChI=1S/C50H32N4S/c1-3-14-33(15-4-1)35-18-11-20-38(30-35)53-45-26-10-8-23-42(45)48-43(24-13-27-46(48)53)50-52-51-49(55-50)37-28-29-41-40-22-7-9-25-44(40)54(47(41)32-37)39-21-12-19-36(31-39)34-16-5-2-6-17-34/h1-32H. The van der Waals surface area contributed by atoms with Gasteiger partial charge < -0.3 is 9.13 Å². The first kappa shape index (κ1) is 31.4. The minimum Gasteiger partial charge on any atom is -0.309 e. The Hall–Kier alpha value is -7.08. The number of nitrogens with zero attached hydrogens (tertiary/aromatic N) is 4. The molecule has 0 spiro atoms. The van der Waals surface area contributed by atoms with Crippen LogP contribution in [0.15, 0.2) is 194 Å². The van der Waals surface area contributed by atoms with Gasteiger partial charge in [-0.3, -0.25) is 0 Å². The van der Waals surface area contributed by atoms with E-state index < -0.39 is 0 Å². The lowest BCUT2D eigenvalue weighted by molar-refractivity contribution is 1.10. The number of hydrogen-bond acceptors (Lipinski definition) is 3. The molecular weight excluding hydrogens is 689 g/mol. The van der Waals surface area contributed by atoms with Crippen molar-refractivity contribution in [3.63, 3.8) is 0 Å². The maximum atomic E-state index is 4.86. The van der Waals surface area contributed by atoms with Crippen molar-refractivity contribution < 1.29 is 0 Å². The van der Waals surface area contributed by atoms with E-state index in [1.165, 1.54) is 49.3 Å². The Balaban J connectivity index is 1.04. The molecule has 0 unspecified atom stereocenters. The molecule has 8 aromatic carbocycles. The molecule has 55 heavy (non-hydrogen) atoms. The number of aromatic nitrogens is 4. The van der Waals surface area contributed by atoms with E-state index in [9.17, 15) is 0 Å². The van der Waals surface area contributed by atoms with Crippen molar-refractivity contribution in [2.24, 2.45) is 0 Å². The van der Waals surface area contributed by atoms with E-state index in [2.05, 4.69) is 203 Å². The van der Waals surface area contributed by atoms with Gasteiger partial charge in [0.1, 0.15) is 10.0 Å². The van der Waals surface area contributed by atoms with Crippen LogP contribution in [0.3, 0.4) is 0 Å². The van der Waals surface area contributed by atoms with Gasteiger partial charge in [0.2, 0.25) is 0 Å². The number of rotatable bonds is 6. The largest absolute Gasteiger partial charge is 0.309 e. The maximum Gasteiger partial charge on any atom is 0.148 e. The lowest BCUT2D eigenvalue weighted by Crippen LogP contribution is -1.94.